The van der Waals surface area contributed by atoms with Gasteiger partial charge in [0, 0.05) is 11.9 Å². The highest BCUT2D eigenvalue weighted by Gasteiger charge is 2.36. The van der Waals surface area contributed by atoms with Crippen molar-refractivity contribution in [3.63, 3.8) is 0 Å². The third-order valence-electron chi connectivity index (χ3n) is 3.50. The second-order valence-electron chi connectivity index (χ2n) is 4.68. The molecular weight excluding hydrogens is 200 g/mol. The summed E-state index contributed by atoms with van der Waals surface area (Å²) in [5, 5.41) is 0. The van der Waals surface area contributed by atoms with Crippen molar-refractivity contribution in [1.82, 2.24) is 4.98 Å². The Labute approximate surface area is 95.3 Å². The highest BCUT2D eigenvalue weighted by Crippen LogP contribution is 2.40. The topological polar surface area (TPSA) is 48.1 Å². The fourth-order valence-corrected chi connectivity index (χ4v) is 2.67. The van der Waals surface area contributed by atoms with E-state index in [4.69, 9.17) is 10.5 Å². The van der Waals surface area contributed by atoms with Gasteiger partial charge in [0.1, 0.15) is 5.60 Å². The van der Waals surface area contributed by atoms with Crippen LogP contribution >= 0.6 is 0 Å². The number of pyridine rings is 1. The number of aromatic nitrogens is 1. The molecule has 2 heterocycles. The first-order chi connectivity index (χ1) is 7.79. The molecule has 0 amide bonds. The number of fused-ring (bicyclic) bond motifs is 1. The van der Waals surface area contributed by atoms with Crippen LogP contribution in [0, 0.1) is 0 Å². The first-order valence-corrected chi connectivity index (χ1v) is 5.92. The van der Waals surface area contributed by atoms with Crippen LogP contribution in [0.15, 0.2) is 24.4 Å². The highest BCUT2D eigenvalue weighted by molar-refractivity contribution is 5.69. The first-order valence-electron chi connectivity index (χ1n) is 5.92. The SMILES string of the molecule is NC1=CC2(CCCCC2)Oc2ncccc21. The summed E-state index contributed by atoms with van der Waals surface area (Å²) >= 11 is 0. The van der Waals surface area contributed by atoms with Crippen molar-refractivity contribution in [2.24, 2.45) is 5.73 Å². The molecule has 1 aromatic heterocycles. The van der Waals surface area contributed by atoms with Crippen molar-refractivity contribution in [2.45, 2.75) is 37.7 Å². The van der Waals surface area contributed by atoms with Gasteiger partial charge in [-0.25, -0.2) is 4.98 Å². The van der Waals surface area contributed by atoms with Gasteiger partial charge in [-0.2, -0.15) is 0 Å². The molecule has 1 aliphatic heterocycles. The molecular formula is C13H16N2O. The minimum Gasteiger partial charge on any atom is -0.466 e. The Morgan fingerprint density at radius 2 is 2.06 bits per heavy atom. The minimum absolute atomic E-state index is 0.177. The van der Waals surface area contributed by atoms with Crippen LogP contribution in [0.3, 0.4) is 0 Å². The van der Waals surface area contributed by atoms with Gasteiger partial charge < -0.3 is 10.5 Å². The summed E-state index contributed by atoms with van der Waals surface area (Å²) in [5.41, 5.74) is 7.66. The maximum atomic E-state index is 6.09. The Bertz CT molecular complexity index is 433. The van der Waals surface area contributed by atoms with E-state index in [2.05, 4.69) is 11.1 Å². The molecule has 1 spiro atoms. The van der Waals surface area contributed by atoms with Crippen LogP contribution in [0.1, 0.15) is 37.7 Å². The molecule has 1 fully saturated rings. The summed E-state index contributed by atoms with van der Waals surface area (Å²) in [6.45, 7) is 0. The van der Waals surface area contributed by atoms with Crippen LogP contribution in [-0.4, -0.2) is 10.6 Å². The maximum absolute atomic E-state index is 6.09. The van der Waals surface area contributed by atoms with Crippen molar-refractivity contribution < 1.29 is 4.74 Å². The maximum Gasteiger partial charge on any atom is 0.223 e. The molecule has 3 rings (SSSR count). The zero-order valence-electron chi connectivity index (χ0n) is 9.28. The summed E-state index contributed by atoms with van der Waals surface area (Å²) in [6, 6.07) is 3.85. The lowest BCUT2D eigenvalue weighted by atomic mass is 9.82. The number of rotatable bonds is 0. The largest absolute Gasteiger partial charge is 0.466 e. The lowest BCUT2D eigenvalue weighted by Gasteiger charge is -2.38. The fraction of sp³-hybridized carbons (Fsp3) is 0.462. The van der Waals surface area contributed by atoms with E-state index < -0.39 is 0 Å². The van der Waals surface area contributed by atoms with Crippen LogP contribution in [0.5, 0.6) is 5.88 Å². The Kier molecular flexibility index (Phi) is 2.13. The average Bonchev–Trinajstić information content (AvgIpc) is 2.30. The standard InChI is InChI=1S/C13H16N2O/c14-11-9-13(6-2-1-3-7-13)16-12-10(11)5-4-8-15-12/h4-5,8-9H,1-3,6-7,14H2. The lowest BCUT2D eigenvalue weighted by molar-refractivity contribution is 0.0692. The van der Waals surface area contributed by atoms with Crippen LogP contribution < -0.4 is 10.5 Å². The summed E-state index contributed by atoms with van der Waals surface area (Å²) < 4.78 is 6.06. The Morgan fingerprint density at radius 3 is 2.88 bits per heavy atom. The summed E-state index contributed by atoms with van der Waals surface area (Å²) in [4.78, 5) is 4.28. The van der Waals surface area contributed by atoms with Gasteiger partial charge in [-0.15, -0.1) is 0 Å². The van der Waals surface area contributed by atoms with Gasteiger partial charge in [-0.05, 0) is 43.9 Å². The number of nitrogens with zero attached hydrogens (tertiary/aromatic N) is 1. The predicted octanol–water partition coefficient (Wildman–Crippen LogP) is 2.48. The average molecular weight is 216 g/mol. The van der Waals surface area contributed by atoms with Crippen LogP contribution in [-0.2, 0) is 0 Å². The van der Waals surface area contributed by atoms with Crippen molar-refractivity contribution >= 4 is 5.70 Å². The highest BCUT2D eigenvalue weighted by atomic mass is 16.5. The zero-order valence-corrected chi connectivity index (χ0v) is 9.28. The lowest BCUT2D eigenvalue weighted by Crippen LogP contribution is -2.39. The summed E-state index contributed by atoms with van der Waals surface area (Å²) in [5.74, 6) is 0.699. The smallest absolute Gasteiger partial charge is 0.223 e. The molecule has 0 aromatic carbocycles. The van der Waals surface area contributed by atoms with Crippen molar-refractivity contribution in [3.05, 3.63) is 30.0 Å². The Hall–Kier alpha value is -1.51. The molecule has 0 atom stereocenters. The van der Waals surface area contributed by atoms with E-state index >= 15 is 0 Å². The van der Waals surface area contributed by atoms with E-state index in [1.54, 1.807) is 6.20 Å². The van der Waals surface area contributed by atoms with E-state index in [-0.39, 0.29) is 5.60 Å². The second kappa shape index (κ2) is 3.51. The number of hydrogen-bond acceptors (Lipinski definition) is 3. The van der Waals surface area contributed by atoms with Gasteiger partial charge >= 0.3 is 0 Å². The van der Waals surface area contributed by atoms with Gasteiger partial charge in [0.2, 0.25) is 5.88 Å². The molecule has 3 heteroatoms. The third-order valence-corrected chi connectivity index (χ3v) is 3.50. The quantitative estimate of drug-likeness (QED) is 0.724. The van der Waals surface area contributed by atoms with E-state index in [0.29, 0.717) is 5.88 Å². The molecule has 3 nitrogen and oxygen atoms in total. The number of ether oxygens (including phenoxy) is 1. The molecule has 16 heavy (non-hydrogen) atoms. The monoisotopic (exact) mass is 216 g/mol. The van der Waals surface area contributed by atoms with Gasteiger partial charge in [0.05, 0.1) is 5.56 Å². The number of hydrogen-bond donors (Lipinski definition) is 1. The van der Waals surface area contributed by atoms with Gasteiger partial charge in [-0.1, -0.05) is 6.42 Å². The molecule has 2 aliphatic rings. The van der Waals surface area contributed by atoms with Crippen LogP contribution in [0.4, 0.5) is 0 Å². The van der Waals surface area contributed by atoms with Gasteiger partial charge in [0.25, 0.3) is 0 Å². The third kappa shape index (κ3) is 1.47. The molecule has 0 saturated heterocycles. The fourth-order valence-electron chi connectivity index (χ4n) is 2.67. The van der Waals surface area contributed by atoms with E-state index in [0.717, 1.165) is 24.1 Å². The zero-order chi connectivity index (χ0) is 11.0. The summed E-state index contributed by atoms with van der Waals surface area (Å²) in [6.07, 6.45) is 9.70. The molecule has 2 N–H and O–H groups in total. The van der Waals surface area contributed by atoms with Crippen LogP contribution in [0.2, 0.25) is 0 Å². The number of nitrogens with two attached hydrogens (primary N) is 1. The normalized spacial score (nSPS) is 22.1. The summed E-state index contributed by atoms with van der Waals surface area (Å²) in [7, 11) is 0. The Balaban J connectivity index is 2.01. The van der Waals surface area contributed by atoms with Gasteiger partial charge in [0.15, 0.2) is 0 Å². The van der Waals surface area contributed by atoms with Crippen molar-refractivity contribution in [1.29, 1.82) is 0 Å². The first kappa shape index (κ1) is 9.70. The van der Waals surface area contributed by atoms with E-state index in [1.165, 1.54) is 19.3 Å². The van der Waals surface area contributed by atoms with Gasteiger partial charge in [-0.3, -0.25) is 0 Å². The molecule has 84 valence electrons. The van der Waals surface area contributed by atoms with Crippen molar-refractivity contribution in [2.75, 3.05) is 0 Å². The molecule has 0 radical (unpaired) electrons. The second-order valence-corrected chi connectivity index (χ2v) is 4.68. The van der Waals surface area contributed by atoms with E-state index in [1.807, 2.05) is 12.1 Å². The van der Waals surface area contributed by atoms with Crippen LogP contribution in [0.25, 0.3) is 5.70 Å². The van der Waals surface area contributed by atoms with Crippen molar-refractivity contribution in [3.8, 4) is 5.88 Å². The minimum atomic E-state index is -0.177. The molecule has 1 saturated carbocycles. The molecule has 1 aromatic rings. The Morgan fingerprint density at radius 1 is 1.25 bits per heavy atom. The van der Waals surface area contributed by atoms with E-state index in [9.17, 15) is 0 Å². The predicted molar refractivity (Wildman–Crippen MR) is 62.8 cm³/mol. The molecule has 0 bridgehead atoms. The molecule has 1 aliphatic carbocycles. The molecule has 0 unspecified atom stereocenters.